The van der Waals surface area contributed by atoms with Crippen LogP contribution < -0.4 is 0 Å². The van der Waals surface area contributed by atoms with Gasteiger partial charge >= 0.3 is 21.6 Å². The molecule has 0 bridgehead atoms. The summed E-state index contributed by atoms with van der Waals surface area (Å²) in [7, 11) is -5.64. The Hall–Kier alpha value is -1.25. The van der Waals surface area contributed by atoms with E-state index in [1.807, 2.05) is 0 Å². The van der Waals surface area contributed by atoms with E-state index < -0.39 is 27.4 Å². The molecule has 18 heavy (non-hydrogen) atoms. The monoisotopic (exact) mass is 290 g/mol. The maximum Gasteiger partial charge on any atom is 0.534 e. The van der Waals surface area contributed by atoms with Crippen LogP contribution >= 0.6 is 0 Å². The smallest absolute Gasteiger partial charge is 0.466 e. The fourth-order valence-corrected chi connectivity index (χ4v) is 1.37. The van der Waals surface area contributed by atoms with E-state index >= 15 is 0 Å². The van der Waals surface area contributed by atoms with Gasteiger partial charge in [0.2, 0.25) is 0 Å². The first kappa shape index (κ1) is 16.8. The molecule has 5 nitrogen and oxygen atoms in total. The molecule has 0 fully saturated rings. The Bertz CT molecular complexity index is 399. The van der Waals surface area contributed by atoms with Gasteiger partial charge in [0.15, 0.2) is 0 Å². The lowest BCUT2D eigenvalue weighted by Gasteiger charge is -2.11. The molecule has 0 aliphatic rings. The zero-order chi connectivity index (χ0) is 14.4. The Morgan fingerprint density at radius 1 is 1.28 bits per heavy atom. The van der Waals surface area contributed by atoms with Crippen LogP contribution in [0.1, 0.15) is 26.2 Å². The molecule has 0 unspecified atom stereocenters. The third-order valence-electron chi connectivity index (χ3n) is 1.67. The highest BCUT2D eigenvalue weighted by atomic mass is 32.2. The molecule has 9 heteroatoms. The molecule has 0 aromatic rings. The number of rotatable bonds is 7. The van der Waals surface area contributed by atoms with Crippen LogP contribution in [0.15, 0.2) is 12.3 Å². The van der Waals surface area contributed by atoms with Gasteiger partial charge in [-0.3, -0.25) is 4.79 Å². The van der Waals surface area contributed by atoms with E-state index in [1.165, 1.54) is 6.92 Å². The summed E-state index contributed by atoms with van der Waals surface area (Å²) in [6, 6.07) is 0. The van der Waals surface area contributed by atoms with Crippen molar-refractivity contribution in [1.29, 1.82) is 0 Å². The Morgan fingerprint density at radius 3 is 2.28 bits per heavy atom. The van der Waals surface area contributed by atoms with E-state index in [1.54, 1.807) is 0 Å². The first-order valence-electron chi connectivity index (χ1n) is 4.88. The summed E-state index contributed by atoms with van der Waals surface area (Å²) < 4.78 is 65.2. The Kier molecular flexibility index (Phi) is 6.16. The molecule has 0 N–H and O–H groups in total. The molecule has 0 aliphatic carbocycles. The molecular weight excluding hydrogens is 277 g/mol. The van der Waals surface area contributed by atoms with Gasteiger partial charge in [-0.15, -0.1) is 0 Å². The minimum Gasteiger partial charge on any atom is -0.466 e. The largest absolute Gasteiger partial charge is 0.534 e. The molecule has 0 radical (unpaired) electrons. The number of allylic oxidation sites excluding steroid dienone is 1. The molecule has 0 spiro atoms. The normalized spacial score (nSPS) is 12.0. The van der Waals surface area contributed by atoms with Crippen LogP contribution in [0.2, 0.25) is 0 Å². The minimum atomic E-state index is -5.64. The van der Waals surface area contributed by atoms with Crippen LogP contribution in [0, 0.1) is 0 Å². The van der Waals surface area contributed by atoms with E-state index in [0.29, 0.717) is 12.8 Å². The van der Waals surface area contributed by atoms with Crippen LogP contribution in [-0.2, 0) is 23.8 Å². The highest BCUT2D eigenvalue weighted by Gasteiger charge is 2.48. The summed E-state index contributed by atoms with van der Waals surface area (Å²) in [6.07, 6.45) is 0.587. The number of carbonyl (C=O) groups is 1. The van der Waals surface area contributed by atoms with Crippen molar-refractivity contribution in [2.45, 2.75) is 31.7 Å². The molecule has 0 amide bonds. The predicted molar refractivity (Wildman–Crippen MR) is 55.7 cm³/mol. The second-order valence-electron chi connectivity index (χ2n) is 3.32. The molecular formula is C9H13F3O5S. The topological polar surface area (TPSA) is 69.7 Å². The van der Waals surface area contributed by atoms with Crippen LogP contribution in [-0.4, -0.2) is 26.5 Å². The number of ether oxygens (including phenoxy) is 1. The maximum atomic E-state index is 11.9. The van der Waals surface area contributed by atoms with Gasteiger partial charge in [0.25, 0.3) is 0 Å². The minimum absolute atomic E-state index is 0.0728. The zero-order valence-electron chi connectivity index (χ0n) is 9.62. The predicted octanol–water partition coefficient (Wildman–Crippen LogP) is 2.10. The highest BCUT2D eigenvalue weighted by Crippen LogP contribution is 2.27. The lowest BCUT2D eigenvalue weighted by atomic mass is 10.2. The molecule has 0 heterocycles. The molecule has 0 aromatic heterocycles. The molecule has 106 valence electrons. The Labute approximate surface area is 103 Å². The van der Waals surface area contributed by atoms with E-state index in [2.05, 4.69) is 15.5 Å². The average Bonchev–Trinajstić information content (AvgIpc) is 2.13. The van der Waals surface area contributed by atoms with Crippen molar-refractivity contribution in [2.75, 3.05) is 6.61 Å². The van der Waals surface area contributed by atoms with Crippen molar-refractivity contribution in [2.24, 2.45) is 0 Å². The van der Waals surface area contributed by atoms with E-state index in [-0.39, 0.29) is 13.0 Å². The summed E-state index contributed by atoms with van der Waals surface area (Å²) in [4.78, 5) is 10.4. The fraction of sp³-hybridized carbons (Fsp3) is 0.667. The number of hydrogen-bond acceptors (Lipinski definition) is 5. The summed E-state index contributed by atoms with van der Waals surface area (Å²) in [5.74, 6) is -0.972. The molecule has 0 rings (SSSR count). The van der Waals surface area contributed by atoms with Gasteiger partial charge in [0.1, 0.15) is 5.76 Å². The molecule has 0 atom stereocenters. The van der Waals surface area contributed by atoms with Crippen molar-refractivity contribution in [3.8, 4) is 0 Å². The molecule has 0 saturated heterocycles. The number of carbonyl (C=O) groups excluding carboxylic acids is 1. The maximum absolute atomic E-state index is 11.9. The van der Waals surface area contributed by atoms with Gasteiger partial charge < -0.3 is 8.92 Å². The third-order valence-corrected chi connectivity index (χ3v) is 2.69. The van der Waals surface area contributed by atoms with Gasteiger partial charge in [0, 0.05) is 13.3 Å². The Morgan fingerprint density at radius 2 is 1.83 bits per heavy atom. The summed E-state index contributed by atoms with van der Waals surface area (Å²) >= 11 is 0. The summed E-state index contributed by atoms with van der Waals surface area (Å²) in [6.45, 7) is 4.40. The molecule has 0 saturated carbocycles. The number of hydrogen-bond donors (Lipinski definition) is 0. The zero-order valence-corrected chi connectivity index (χ0v) is 10.4. The van der Waals surface area contributed by atoms with Gasteiger partial charge in [-0.2, -0.15) is 21.6 Å². The quantitative estimate of drug-likeness (QED) is 0.236. The lowest BCUT2D eigenvalue weighted by Crippen LogP contribution is -2.25. The summed E-state index contributed by atoms with van der Waals surface area (Å²) in [5.41, 5.74) is -5.46. The van der Waals surface area contributed by atoms with E-state index in [0.717, 1.165) is 0 Å². The van der Waals surface area contributed by atoms with Crippen LogP contribution in [0.25, 0.3) is 0 Å². The van der Waals surface area contributed by atoms with Gasteiger partial charge in [-0.05, 0) is 12.8 Å². The second-order valence-corrected chi connectivity index (χ2v) is 4.86. The van der Waals surface area contributed by atoms with Crippen LogP contribution in [0.5, 0.6) is 0 Å². The first-order valence-corrected chi connectivity index (χ1v) is 6.29. The van der Waals surface area contributed by atoms with Crippen molar-refractivity contribution in [3.63, 3.8) is 0 Å². The number of halogens is 3. The standard InChI is InChI=1S/C9H13F3O5S/c1-7(5-3-4-6-16-8(2)13)17-18(14,15)9(10,11)12/h1,3-6H2,2H3. The fourth-order valence-electron chi connectivity index (χ4n) is 0.884. The van der Waals surface area contributed by atoms with E-state index in [4.69, 9.17) is 0 Å². The van der Waals surface area contributed by atoms with Gasteiger partial charge in [-0.25, -0.2) is 0 Å². The molecule has 0 aromatic carbocycles. The number of esters is 1. The van der Waals surface area contributed by atoms with Crippen LogP contribution in [0.3, 0.4) is 0 Å². The SMILES string of the molecule is C=C(CCCCOC(C)=O)OS(=O)(=O)C(F)(F)F. The van der Waals surface area contributed by atoms with Crippen LogP contribution in [0.4, 0.5) is 13.2 Å². The van der Waals surface area contributed by atoms with E-state index in [9.17, 15) is 26.4 Å². The lowest BCUT2D eigenvalue weighted by molar-refractivity contribution is -0.141. The van der Waals surface area contributed by atoms with Crippen molar-refractivity contribution >= 4 is 16.1 Å². The number of alkyl halides is 3. The Balaban J connectivity index is 3.96. The number of unbranched alkanes of at least 4 members (excludes halogenated alkanes) is 1. The highest BCUT2D eigenvalue weighted by molar-refractivity contribution is 7.87. The second kappa shape index (κ2) is 6.62. The van der Waals surface area contributed by atoms with Gasteiger partial charge in [0.05, 0.1) is 6.61 Å². The summed E-state index contributed by atoms with van der Waals surface area (Å²) in [5, 5.41) is 0. The van der Waals surface area contributed by atoms with Crippen molar-refractivity contribution in [3.05, 3.63) is 12.3 Å². The molecule has 0 aliphatic heterocycles. The third kappa shape index (κ3) is 6.48. The average molecular weight is 290 g/mol. The van der Waals surface area contributed by atoms with Crippen molar-refractivity contribution < 1.29 is 35.3 Å². The van der Waals surface area contributed by atoms with Crippen molar-refractivity contribution in [1.82, 2.24) is 0 Å². The van der Waals surface area contributed by atoms with Gasteiger partial charge in [-0.1, -0.05) is 6.58 Å². The first-order chi connectivity index (χ1) is 8.06.